The third-order valence-electron chi connectivity index (χ3n) is 4.27. The van der Waals surface area contributed by atoms with Gasteiger partial charge >= 0.3 is 23.9 Å². The van der Waals surface area contributed by atoms with Gasteiger partial charge in [-0.3, -0.25) is 19.4 Å². The number of aromatic nitrogens is 2. The van der Waals surface area contributed by atoms with Crippen LogP contribution in [0.5, 0.6) is 0 Å². The molecular formula is C20H32Cl2N4O12. The third-order valence-corrected chi connectivity index (χ3v) is 4.27. The molecule has 218 valence electrons. The number of aromatic carboxylic acids is 2. The molecule has 0 aliphatic heterocycles. The summed E-state index contributed by atoms with van der Waals surface area (Å²) in [6, 6.07) is 8.78. The van der Waals surface area contributed by atoms with Crippen molar-refractivity contribution >= 4 is 48.7 Å². The van der Waals surface area contributed by atoms with E-state index < -0.39 is 23.9 Å². The lowest BCUT2D eigenvalue weighted by molar-refractivity contribution is -0.140. The van der Waals surface area contributed by atoms with E-state index in [-0.39, 0.29) is 97.4 Å². The van der Waals surface area contributed by atoms with Gasteiger partial charge in [0.1, 0.15) is 11.4 Å². The number of carbonyl (C=O) groups is 4. The normalized spacial score (nSPS) is 9.21. The predicted octanol–water partition coefficient (Wildman–Crippen LogP) is -2.11. The zero-order chi connectivity index (χ0) is 23.7. The highest BCUT2D eigenvalue weighted by atomic mass is 35.5. The Morgan fingerprint density at radius 3 is 1.18 bits per heavy atom. The average molecular weight is 591 g/mol. The molecule has 0 saturated heterocycles. The number of pyridine rings is 2. The molecule has 0 aliphatic carbocycles. The fourth-order valence-electron chi connectivity index (χ4n) is 2.93. The summed E-state index contributed by atoms with van der Waals surface area (Å²) in [4.78, 5) is 55.7. The van der Waals surface area contributed by atoms with Gasteiger partial charge in [-0.1, -0.05) is 12.1 Å². The molecular weight excluding hydrogens is 559 g/mol. The van der Waals surface area contributed by atoms with Gasteiger partial charge in [0.05, 0.1) is 24.5 Å². The second-order valence-electron chi connectivity index (χ2n) is 6.85. The third kappa shape index (κ3) is 15.6. The first-order chi connectivity index (χ1) is 15.1. The van der Waals surface area contributed by atoms with E-state index in [1.165, 1.54) is 34.1 Å². The lowest BCUT2D eigenvalue weighted by Crippen LogP contribution is -2.39. The SMILES string of the molecule is Cl.Cl.O.O.O.O.O=C(O)CN(CCN(CC(=O)O)Cc1cccc(C(=O)O)n1)Cc1cccc(C(=O)O)n1. The molecule has 0 saturated carbocycles. The van der Waals surface area contributed by atoms with Crippen molar-refractivity contribution in [1.29, 1.82) is 0 Å². The van der Waals surface area contributed by atoms with Crippen LogP contribution in [0, 0.1) is 0 Å². The summed E-state index contributed by atoms with van der Waals surface area (Å²) in [6.07, 6.45) is 0. The Bertz CT molecular complexity index is 936. The Balaban J connectivity index is -0.000000605. The summed E-state index contributed by atoms with van der Waals surface area (Å²) in [7, 11) is 0. The molecule has 12 N–H and O–H groups in total. The van der Waals surface area contributed by atoms with Crippen molar-refractivity contribution in [2.75, 3.05) is 26.2 Å². The first-order valence-electron chi connectivity index (χ1n) is 9.40. The Hall–Kier alpha value is -3.48. The van der Waals surface area contributed by atoms with Crippen LogP contribution in [-0.4, -0.2) is 112 Å². The fourth-order valence-corrected chi connectivity index (χ4v) is 2.93. The zero-order valence-corrected chi connectivity index (χ0v) is 21.4. The number of hydrogen-bond donors (Lipinski definition) is 4. The van der Waals surface area contributed by atoms with Crippen molar-refractivity contribution in [2.24, 2.45) is 0 Å². The highest BCUT2D eigenvalue weighted by Gasteiger charge is 2.17. The maximum atomic E-state index is 11.3. The molecule has 2 aromatic heterocycles. The molecule has 0 fully saturated rings. The van der Waals surface area contributed by atoms with E-state index >= 15 is 0 Å². The van der Waals surface area contributed by atoms with Crippen molar-refractivity contribution in [2.45, 2.75) is 13.1 Å². The molecule has 0 bridgehead atoms. The van der Waals surface area contributed by atoms with E-state index in [0.717, 1.165) is 0 Å². The number of hydrogen-bond acceptors (Lipinski definition) is 8. The summed E-state index contributed by atoms with van der Waals surface area (Å²) >= 11 is 0. The van der Waals surface area contributed by atoms with E-state index in [9.17, 15) is 29.4 Å². The average Bonchev–Trinajstić information content (AvgIpc) is 2.71. The van der Waals surface area contributed by atoms with E-state index in [2.05, 4.69) is 9.97 Å². The van der Waals surface area contributed by atoms with Crippen LogP contribution in [0.15, 0.2) is 36.4 Å². The van der Waals surface area contributed by atoms with Gasteiger partial charge in [-0.25, -0.2) is 19.6 Å². The second-order valence-corrected chi connectivity index (χ2v) is 6.85. The van der Waals surface area contributed by atoms with Crippen molar-refractivity contribution < 1.29 is 61.5 Å². The van der Waals surface area contributed by atoms with Crippen molar-refractivity contribution in [1.82, 2.24) is 19.8 Å². The van der Waals surface area contributed by atoms with Crippen LogP contribution >= 0.6 is 24.8 Å². The first-order valence-corrected chi connectivity index (χ1v) is 9.40. The molecule has 2 rings (SSSR count). The largest absolute Gasteiger partial charge is 0.480 e. The van der Waals surface area contributed by atoms with Gasteiger partial charge in [0.15, 0.2) is 0 Å². The summed E-state index contributed by atoms with van der Waals surface area (Å²) in [5.41, 5.74) is 0.364. The van der Waals surface area contributed by atoms with Gasteiger partial charge in [-0.05, 0) is 24.3 Å². The number of nitrogens with zero attached hydrogens (tertiary/aromatic N) is 4. The molecule has 16 nitrogen and oxygen atoms in total. The minimum atomic E-state index is -1.21. The molecule has 0 aromatic carbocycles. The molecule has 2 heterocycles. The van der Waals surface area contributed by atoms with Crippen LogP contribution in [0.25, 0.3) is 0 Å². The standard InChI is InChI=1S/C20H22N4O8.2ClH.4H2O/c25-17(26)11-23(9-13-3-1-5-15(21-13)19(29)30)7-8-24(12-18(27)28)10-14-4-2-6-16(22-14)20(31)32;;;;;;/h1-6H,7-12H2,(H,25,26)(H,27,28)(H,29,30)(H,31,32);2*1H;4*1H2. The second kappa shape index (κ2) is 21.6. The highest BCUT2D eigenvalue weighted by Crippen LogP contribution is 2.08. The monoisotopic (exact) mass is 590 g/mol. The van der Waals surface area contributed by atoms with E-state index in [0.29, 0.717) is 11.4 Å². The summed E-state index contributed by atoms with van der Waals surface area (Å²) in [5, 5.41) is 36.5. The number of rotatable bonds is 13. The van der Waals surface area contributed by atoms with Crippen molar-refractivity contribution in [3.8, 4) is 0 Å². The Morgan fingerprint density at radius 1 is 0.605 bits per heavy atom. The molecule has 18 heteroatoms. The fraction of sp³-hybridized carbons (Fsp3) is 0.300. The van der Waals surface area contributed by atoms with Crippen molar-refractivity contribution in [3.63, 3.8) is 0 Å². The van der Waals surface area contributed by atoms with Gasteiger partial charge in [-0.15, -0.1) is 24.8 Å². The Labute approximate surface area is 228 Å². The minimum absolute atomic E-state index is 0. The molecule has 2 aromatic rings. The molecule has 0 unspecified atom stereocenters. The van der Waals surface area contributed by atoms with Crippen LogP contribution in [0.2, 0.25) is 0 Å². The van der Waals surface area contributed by atoms with Gasteiger partial charge in [0.2, 0.25) is 0 Å². The summed E-state index contributed by atoms with van der Waals surface area (Å²) in [6.45, 7) is -0.379. The van der Waals surface area contributed by atoms with Gasteiger partial charge < -0.3 is 42.3 Å². The quantitative estimate of drug-likeness (QED) is 0.194. The smallest absolute Gasteiger partial charge is 0.354 e. The van der Waals surface area contributed by atoms with Gasteiger partial charge in [0, 0.05) is 26.2 Å². The number of carboxylic acid groups (broad SMARTS) is 4. The van der Waals surface area contributed by atoms with Crippen molar-refractivity contribution in [3.05, 3.63) is 59.2 Å². The van der Waals surface area contributed by atoms with Crippen LogP contribution in [0.1, 0.15) is 32.4 Å². The van der Waals surface area contributed by atoms with Crippen LogP contribution in [-0.2, 0) is 22.7 Å². The Morgan fingerprint density at radius 2 is 0.921 bits per heavy atom. The molecule has 0 radical (unpaired) electrons. The summed E-state index contributed by atoms with van der Waals surface area (Å²) < 4.78 is 0. The molecule has 0 spiro atoms. The van der Waals surface area contributed by atoms with Crippen LogP contribution in [0.3, 0.4) is 0 Å². The maximum absolute atomic E-state index is 11.3. The number of aliphatic carboxylic acids is 2. The minimum Gasteiger partial charge on any atom is -0.480 e. The van der Waals surface area contributed by atoms with E-state index in [4.69, 9.17) is 10.2 Å². The van der Waals surface area contributed by atoms with Crippen LogP contribution in [0.4, 0.5) is 0 Å². The van der Waals surface area contributed by atoms with Gasteiger partial charge in [0.25, 0.3) is 0 Å². The number of carboxylic acids is 4. The summed E-state index contributed by atoms with van der Waals surface area (Å²) in [5.74, 6) is -4.64. The van der Waals surface area contributed by atoms with Gasteiger partial charge in [-0.2, -0.15) is 0 Å². The van der Waals surface area contributed by atoms with Crippen LogP contribution < -0.4 is 0 Å². The first kappa shape index (κ1) is 44.5. The zero-order valence-electron chi connectivity index (χ0n) is 19.7. The highest BCUT2D eigenvalue weighted by molar-refractivity contribution is 5.86. The lowest BCUT2D eigenvalue weighted by atomic mass is 10.2. The molecule has 0 atom stereocenters. The van der Waals surface area contributed by atoms with E-state index in [1.54, 1.807) is 12.1 Å². The topological polar surface area (TPSA) is 307 Å². The molecule has 38 heavy (non-hydrogen) atoms. The Kier molecular flexibility index (Phi) is 25.3. The van der Waals surface area contributed by atoms with E-state index in [1.807, 2.05) is 0 Å². The molecule has 0 amide bonds. The maximum Gasteiger partial charge on any atom is 0.354 e. The predicted molar refractivity (Wildman–Crippen MR) is 137 cm³/mol. The number of halogens is 2. The molecule has 0 aliphatic rings. The lowest BCUT2D eigenvalue weighted by Gasteiger charge is -2.25.